The van der Waals surface area contributed by atoms with Gasteiger partial charge in [-0.2, -0.15) is 0 Å². The van der Waals surface area contributed by atoms with Gasteiger partial charge in [-0.25, -0.2) is 9.97 Å². The molecule has 1 atom stereocenters. The quantitative estimate of drug-likeness (QED) is 0.581. The van der Waals surface area contributed by atoms with Crippen LogP contribution in [-0.2, 0) is 4.79 Å². The third kappa shape index (κ3) is 4.21. The number of amides is 1. The van der Waals surface area contributed by atoms with Gasteiger partial charge in [-0.1, -0.05) is 22.0 Å². The predicted molar refractivity (Wildman–Crippen MR) is 110 cm³/mol. The van der Waals surface area contributed by atoms with Gasteiger partial charge >= 0.3 is 0 Å². The van der Waals surface area contributed by atoms with E-state index in [0.29, 0.717) is 0 Å². The smallest absolute Gasteiger partial charge is 0.239 e. The largest absolute Gasteiger partial charge is 0.376 e. The van der Waals surface area contributed by atoms with Gasteiger partial charge < -0.3 is 20.5 Å². The minimum absolute atomic E-state index is 0.00342. The summed E-state index contributed by atoms with van der Waals surface area (Å²) < 4.78 is 0.983. The Hall–Kier alpha value is -2.61. The van der Waals surface area contributed by atoms with E-state index >= 15 is 0 Å². The van der Waals surface area contributed by atoms with Gasteiger partial charge in [-0.05, 0) is 37.1 Å². The van der Waals surface area contributed by atoms with E-state index in [2.05, 4.69) is 46.4 Å². The molecule has 1 aliphatic rings. The maximum atomic E-state index is 12.3. The Morgan fingerprint density at radius 2 is 2.26 bits per heavy atom. The minimum atomic E-state index is -0.00342. The summed E-state index contributed by atoms with van der Waals surface area (Å²) in [6, 6.07) is 9.89. The van der Waals surface area contributed by atoms with Crippen molar-refractivity contribution < 1.29 is 4.79 Å². The van der Waals surface area contributed by atoms with Crippen LogP contribution in [0.15, 0.2) is 47.3 Å². The molecule has 0 aliphatic carbocycles. The second kappa shape index (κ2) is 7.96. The van der Waals surface area contributed by atoms with Crippen molar-refractivity contribution in [1.82, 2.24) is 20.3 Å². The third-order valence-corrected chi connectivity index (χ3v) is 5.19. The standard InChI is InChI=1S/C19H21BrN6O/c20-13-3-1-4-14(9-13)22-10-17(27)25-15-5-2-8-26(11-15)19-16-6-7-21-18(16)23-12-24-19/h1,3-4,6-7,9,12,15,22H,2,5,8,10-11H2,(H,25,27)(H,21,23,24)/t15-/m1/s1. The van der Waals surface area contributed by atoms with Gasteiger partial charge in [0.25, 0.3) is 0 Å². The molecule has 0 radical (unpaired) electrons. The number of rotatable bonds is 5. The van der Waals surface area contributed by atoms with Gasteiger partial charge in [-0.15, -0.1) is 0 Å². The van der Waals surface area contributed by atoms with Crippen molar-refractivity contribution >= 4 is 44.4 Å². The monoisotopic (exact) mass is 428 g/mol. The highest BCUT2D eigenvalue weighted by atomic mass is 79.9. The van der Waals surface area contributed by atoms with Crippen LogP contribution in [-0.4, -0.2) is 46.5 Å². The summed E-state index contributed by atoms with van der Waals surface area (Å²) in [4.78, 5) is 26.4. The van der Waals surface area contributed by atoms with Crippen LogP contribution >= 0.6 is 15.9 Å². The number of H-pyrrole nitrogens is 1. The molecule has 2 aromatic heterocycles. The predicted octanol–water partition coefficient (Wildman–Crippen LogP) is 2.92. The van der Waals surface area contributed by atoms with Crippen LogP contribution in [0.4, 0.5) is 11.5 Å². The molecule has 3 aromatic rings. The van der Waals surface area contributed by atoms with Crippen LogP contribution < -0.4 is 15.5 Å². The van der Waals surface area contributed by atoms with Crippen molar-refractivity contribution in [3.05, 3.63) is 47.3 Å². The van der Waals surface area contributed by atoms with Crippen LogP contribution in [0.2, 0.25) is 0 Å². The van der Waals surface area contributed by atoms with E-state index in [-0.39, 0.29) is 18.5 Å². The Morgan fingerprint density at radius 1 is 1.33 bits per heavy atom. The van der Waals surface area contributed by atoms with Gasteiger partial charge in [0, 0.05) is 35.5 Å². The molecule has 0 unspecified atom stereocenters. The van der Waals surface area contributed by atoms with Crippen LogP contribution in [0.3, 0.4) is 0 Å². The number of fused-ring (bicyclic) bond motifs is 1. The number of nitrogens with one attached hydrogen (secondary N) is 3. The van der Waals surface area contributed by atoms with Crippen LogP contribution in [0.5, 0.6) is 0 Å². The second-order valence-corrected chi connectivity index (χ2v) is 7.57. The number of benzene rings is 1. The molecule has 4 rings (SSSR count). The fourth-order valence-corrected chi connectivity index (χ4v) is 3.86. The first-order valence-corrected chi connectivity index (χ1v) is 9.80. The van der Waals surface area contributed by atoms with Crippen molar-refractivity contribution in [2.75, 3.05) is 29.9 Å². The van der Waals surface area contributed by atoms with Crippen molar-refractivity contribution in [2.24, 2.45) is 0 Å². The zero-order chi connectivity index (χ0) is 18.6. The van der Waals surface area contributed by atoms with E-state index in [1.807, 2.05) is 36.5 Å². The molecule has 1 saturated heterocycles. The topological polar surface area (TPSA) is 85.9 Å². The molecule has 3 heterocycles. The number of carbonyl (C=O) groups is 1. The number of nitrogens with zero attached hydrogens (tertiary/aromatic N) is 3. The molecule has 27 heavy (non-hydrogen) atoms. The molecular weight excluding hydrogens is 408 g/mol. The molecule has 1 aliphatic heterocycles. The highest BCUT2D eigenvalue weighted by Crippen LogP contribution is 2.25. The molecular formula is C19H21BrN6O. The molecule has 1 fully saturated rings. The Balaban J connectivity index is 1.35. The van der Waals surface area contributed by atoms with E-state index in [0.717, 1.165) is 52.9 Å². The molecule has 0 saturated carbocycles. The lowest BCUT2D eigenvalue weighted by molar-refractivity contribution is -0.120. The lowest BCUT2D eigenvalue weighted by Gasteiger charge is -2.34. The summed E-state index contributed by atoms with van der Waals surface area (Å²) in [6.07, 6.45) is 5.44. The minimum Gasteiger partial charge on any atom is -0.376 e. The Morgan fingerprint density at radius 3 is 3.15 bits per heavy atom. The van der Waals surface area contributed by atoms with Crippen molar-refractivity contribution in [1.29, 1.82) is 0 Å². The average molecular weight is 429 g/mol. The van der Waals surface area contributed by atoms with E-state index in [1.54, 1.807) is 6.33 Å². The van der Waals surface area contributed by atoms with E-state index < -0.39 is 0 Å². The zero-order valence-electron chi connectivity index (χ0n) is 14.8. The zero-order valence-corrected chi connectivity index (χ0v) is 16.4. The Labute approximate surface area is 165 Å². The number of halogens is 1. The molecule has 0 spiro atoms. The highest BCUT2D eigenvalue weighted by molar-refractivity contribution is 9.10. The van der Waals surface area contributed by atoms with Crippen molar-refractivity contribution in [3.8, 4) is 0 Å². The number of hydrogen-bond acceptors (Lipinski definition) is 5. The normalized spacial score (nSPS) is 17.1. The van der Waals surface area contributed by atoms with Crippen molar-refractivity contribution in [2.45, 2.75) is 18.9 Å². The molecule has 0 bridgehead atoms. The molecule has 1 aromatic carbocycles. The first-order chi connectivity index (χ1) is 13.2. The van der Waals surface area contributed by atoms with Crippen LogP contribution in [0, 0.1) is 0 Å². The van der Waals surface area contributed by atoms with Gasteiger partial charge in [-0.3, -0.25) is 4.79 Å². The summed E-state index contributed by atoms with van der Waals surface area (Å²) in [6.45, 7) is 1.93. The second-order valence-electron chi connectivity index (χ2n) is 6.65. The maximum absolute atomic E-state index is 12.3. The highest BCUT2D eigenvalue weighted by Gasteiger charge is 2.23. The van der Waals surface area contributed by atoms with Crippen LogP contribution in [0.25, 0.3) is 11.0 Å². The third-order valence-electron chi connectivity index (χ3n) is 4.70. The number of anilines is 2. The number of hydrogen-bond donors (Lipinski definition) is 3. The molecule has 1 amide bonds. The number of aromatic nitrogens is 3. The summed E-state index contributed by atoms with van der Waals surface area (Å²) in [7, 11) is 0. The van der Waals surface area contributed by atoms with Gasteiger partial charge in [0.15, 0.2) is 0 Å². The number of aromatic amines is 1. The van der Waals surface area contributed by atoms with Gasteiger partial charge in [0.05, 0.1) is 11.9 Å². The fourth-order valence-electron chi connectivity index (χ4n) is 3.46. The first kappa shape index (κ1) is 17.8. The Bertz CT molecular complexity index is 943. The summed E-state index contributed by atoms with van der Waals surface area (Å²) in [5.41, 5.74) is 1.75. The lowest BCUT2D eigenvalue weighted by Crippen LogP contribution is -2.49. The van der Waals surface area contributed by atoms with Crippen molar-refractivity contribution in [3.63, 3.8) is 0 Å². The average Bonchev–Trinajstić information content (AvgIpc) is 3.15. The number of carbonyl (C=O) groups excluding carboxylic acids is 1. The summed E-state index contributed by atoms with van der Waals surface area (Å²) in [5.74, 6) is 0.920. The lowest BCUT2D eigenvalue weighted by atomic mass is 10.1. The molecule has 7 nitrogen and oxygen atoms in total. The summed E-state index contributed by atoms with van der Waals surface area (Å²) >= 11 is 3.43. The molecule has 3 N–H and O–H groups in total. The van der Waals surface area contributed by atoms with E-state index in [1.165, 1.54) is 0 Å². The molecule has 8 heteroatoms. The maximum Gasteiger partial charge on any atom is 0.239 e. The first-order valence-electron chi connectivity index (χ1n) is 9.01. The fraction of sp³-hybridized carbons (Fsp3) is 0.316. The van der Waals surface area contributed by atoms with Gasteiger partial charge in [0.2, 0.25) is 5.91 Å². The Kier molecular flexibility index (Phi) is 5.24. The van der Waals surface area contributed by atoms with E-state index in [9.17, 15) is 4.79 Å². The van der Waals surface area contributed by atoms with Gasteiger partial charge in [0.1, 0.15) is 17.8 Å². The summed E-state index contributed by atoms with van der Waals surface area (Å²) in [5, 5.41) is 7.31. The SMILES string of the molecule is O=C(CNc1cccc(Br)c1)N[C@@H]1CCCN(c2ncnc3[nH]ccc23)C1. The van der Waals surface area contributed by atoms with Crippen LogP contribution in [0.1, 0.15) is 12.8 Å². The van der Waals surface area contributed by atoms with E-state index in [4.69, 9.17) is 0 Å². The molecule has 140 valence electrons. The number of piperidine rings is 1.